The van der Waals surface area contributed by atoms with Gasteiger partial charge in [-0.2, -0.15) is 0 Å². The van der Waals surface area contributed by atoms with E-state index in [1.807, 2.05) is 67.6 Å². The van der Waals surface area contributed by atoms with Gasteiger partial charge in [-0.25, -0.2) is 0 Å². The van der Waals surface area contributed by atoms with Crippen molar-refractivity contribution in [3.63, 3.8) is 0 Å². The first-order chi connectivity index (χ1) is 13.7. The zero-order chi connectivity index (χ0) is 20.2. The number of aliphatic hydroxyl groups excluding tert-OH is 1. The lowest BCUT2D eigenvalue weighted by Crippen LogP contribution is -2.45. The van der Waals surface area contributed by atoms with Gasteiger partial charge in [0.15, 0.2) is 5.96 Å². The normalized spacial score (nSPS) is 12.3. The molecule has 0 fully saturated rings. The van der Waals surface area contributed by atoms with Crippen molar-refractivity contribution in [2.24, 2.45) is 4.99 Å². The maximum absolute atomic E-state index is 12.6. The molecule has 1 atom stereocenters. The zero-order valence-corrected chi connectivity index (χ0v) is 16.6. The number of rotatable bonds is 9. The largest absolute Gasteiger partial charge is 0.396 e. The molecule has 0 spiro atoms. The van der Waals surface area contributed by atoms with E-state index in [1.165, 1.54) is 0 Å². The van der Waals surface area contributed by atoms with E-state index in [-0.39, 0.29) is 25.0 Å². The predicted octanol–water partition coefficient (Wildman–Crippen LogP) is 1.98. The molecule has 6 nitrogen and oxygen atoms in total. The molecular formula is C22H30N4O2. The smallest absolute Gasteiger partial charge is 0.242 e. The highest BCUT2D eigenvalue weighted by Gasteiger charge is 2.14. The van der Waals surface area contributed by atoms with Crippen LogP contribution in [0.2, 0.25) is 0 Å². The summed E-state index contributed by atoms with van der Waals surface area (Å²) in [5, 5.41) is 15.9. The van der Waals surface area contributed by atoms with Crippen molar-refractivity contribution in [2.45, 2.75) is 19.4 Å². The first kappa shape index (κ1) is 21.4. The SMILES string of the molecule is CCN(Cc1ccccc1)C(=O)CNC(=NC)NCC(CO)c1ccccc1. The zero-order valence-electron chi connectivity index (χ0n) is 16.6. The number of nitrogens with one attached hydrogen (secondary N) is 2. The lowest BCUT2D eigenvalue weighted by atomic mass is 10.0. The van der Waals surface area contributed by atoms with Crippen molar-refractivity contribution in [1.29, 1.82) is 0 Å². The van der Waals surface area contributed by atoms with Gasteiger partial charge in [0.05, 0.1) is 13.2 Å². The minimum atomic E-state index is -0.0410. The van der Waals surface area contributed by atoms with Crippen LogP contribution in [0.5, 0.6) is 0 Å². The molecule has 0 bridgehead atoms. The maximum atomic E-state index is 12.6. The highest BCUT2D eigenvalue weighted by atomic mass is 16.3. The molecule has 2 aromatic rings. The average molecular weight is 383 g/mol. The molecule has 150 valence electrons. The van der Waals surface area contributed by atoms with E-state index < -0.39 is 0 Å². The lowest BCUT2D eigenvalue weighted by molar-refractivity contribution is -0.130. The summed E-state index contributed by atoms with van der Waals surface area (Å²) in [6, 6.07) is 19.8. The van der Waals surface area contributed by atoms with E-state index in [0.29, 0.717) is 25.6 Å². The molecule has 3 N–H and O–H groups in total. The van der Waals surface area contributed by atoms with Crippen LogP contribution in [-0.2, 0) is 11.3 Å². The molecule has 2 rings (SSSR count). The van der Waals surface area contributed by atoms with E-state index in [1.54, 1.807) is 11.9 Å². The molecule has 0 aliphatic rings. The van der Waals surface area contributed by atoms with Gasteiger partial charge >= 0.3 is 0 Å². The quantitative estimate of drug-likeness (QED) is 0.458. The summed E-state index contributed by atoms with van der Waals surface area (Å²) in [7, 11) is 1.66. The molecule has 2 aromatic carbocycles. The molecule has 0 aliphatic carbocycles. The minimum Gasteiger partial charge on any atom is -0.396 e. The van der Waals surface area contributed by atoms with Gasteiger partial charge in [0.25, 0.3) is 0 Å². The molecular weight excluding hydrogens is 352 g/mol. The van der Waals surface area contributed by atoms with E-state index in [9.17, 15) is 9.90 Å². The van der Waals surface area contributed by atoms with Crippen molar-refractivity contribution < 1.29 is 9.90 Å². The summed E-state index contributed by atoms with van der Waals surface area (Å²) in [5.74, 6) is 0.509. The number of aliphatic hydroxyl groups is 1. The monoisotopic (exact) mass is 382 g/mol. The third-order valence-electron chi connectivity index (χ3n) is 4.59. The molecule has 0 saturated heterocycles. The summed E-state index contributed by atoms with van der Waals surface area (Å²) >= 11 is 0. The molecule has 28 heavy (non-hydrogen) atoms. The Morgan fingerprint density at radius 3 is 2.29 bits per heavy atom. The van der Waals surface area contributed by atoms with Crippen LogP contribution in [0, 0.1) is 0 Å². The number of amides is 1. The number of aliphatic imine (C=N–C) groups is 1. The van der Waals surface area contributed by atoms with Crippen molar-refractivity contribution >= 4 is 11.9 Å². The third kappa shape index (κ3) is 6.70. The third-order valence-corrected chi connectivity index (χ3v) is 4.59. The molecule has 0 saturated carbocycles. The van der Waals surface area contributed by atoms with E-state index >= 15 is 0 Å². The fraction of sp³-hybridized carbons (Fsp3) is 0.364. The van der Waals surface area contributed by atoms with Crippen LogP contribution in [0.15, 0.2) is 65.7 Å². The summed E-state index contributed by atoms with van der Waals surface area (Å²) in [6.07, 6.45) is 0. The highest BCUT2D eigenvalue weighted by molar-refractivity contribution is 5.86. The second-order valence-corrected chi connectivity index (χ2v) is 6.49. The van der Waals surface area contributed by atoms with Gasteiger partial charge in [-0.3, -0.25) is 9.79 Å². The number of hydrogen-bond acceptors (Lipinski definition) is 3. The lowest BCUT2D eigenvalue weighted by Gasteiger charge is -2.22. The van der Waals surface area contributed by atoms with Crippen LogP contribution in [0.3, 0.4) is 0 Å². The fourth-order valence-electron chi connectivity index (χ4n) is 2.90. The van der Waals surface area contributed by atoms with Crippen LogP contribution in [0.4, 0.5) is 0 Å². The van der Waals surface area contributed by atoms with Gasteiger partial charge < -0.3 is 20.6 Å². The Labute approximate surface area is 167 Å². The Morgan fingerprint density at radius 2 is 1.71 bits per heavy atom. The van der Waals surface area contributed by atoms with Gasteiger partial charge in [0.2, 0.25) is 5.91 Å². The van der Waals surface area contributed by atoms with Gasteiger partial charge in [-0.1, -0.05) is 60.7 Å². The van der Waals surface area contributed by atoms with E-state index in [2.05, 4.69) is 15.6 Å². The Bertz CT molecular complexity index is 735. The standard InChI is InChI=1S/C22H30N4O2/c1-3-26(16-18-10-6-4-7-11-18)21(28)15-25-22(23-2)24-14-20(17-27)19-12-8-5-9-13-19/h4-13,20,27H,3,14-17H2,1-2H3,(H2,23,24,25). The molecule has 0 aromatic heterocycles. The minimum absolute atomic E-state index is 0.0103. The highest BCUT2D eigenvalue weighted by Crippen LogP contribution is 2.13. The molecule has 6 heteroatoms. The molecule has 0 heterocycles. The number of carbonyl (C=O) groups is 1. The van der Waals surface area contributed by atoms with Crippen molar-refractivity contribution in [3.8, 4) is 0 Å². The van der Waals surface area contributed by atoms with E-state index in [4.69, 9.17) is 0 Å². The summed E-state index contributed by atoms with van der Waals surface area (Å²) in [5.41, 5.74) is 2.16. The second-order valence-electron chi connectivity index (χ2n) is 6.49. The first-order valence-electron chi connectivity index (χ1n) is 9.60. The van der Waals surface area contributed by atoms with Crippen LogP contribution in [-0.4, -0.2) is 55.2 Å². The Balaban J connectivity index is 1.84. The fourth-order valence-corrected chi connectivity index (χ4v) is 2.90. The molecule has 1 amide bonds. The van der Waals surface area contributed by atoms with Crippen molar-refractivity contribution in [3.05, 3.63) is 71.8 Å². The molecule has 1 unspecified atom stereocenters. The van der Waals surface area contributed by atoms with E-state index in [0.717, 1.165) is 11.1 Å². The Hall–Kier alpha value is -2.86. The topological polar surface area (TPSA) is 77.0 Å². The summed E-state index contributed by atoms with van der Waals surface area (Å²) in [6.45, 7) is 3.92. The molecule has 0 aliphatic heterocycles. The van der Waals surface area contributed by atoms with Gasteiger partial charge in [-0.05, 0) is 18.1 Å². The number of nitrogens with zero attached hydrogens (tertiary/aromatic N) is 2. The number of carbonyl (C=O) groups excluding carboxylic acids is 1. The van der Waals surface area contributed by atoms with Gasteiger partial charge in [0, 0.05) is 32.6 Å². The maximum Gasteiger partial charge on any atom is 0.242 e. The Morgan fingerprint density at radius 1 is 1.07 bits per heavy atom. The second kappa shape index (κ2) is 11.8. The average Bonchev–Trinajstić information content (AvgIpc) is 2.75. The summed E-state index contributed by atoms with van der Waals surface area (Å²) in [4.78, 5) is 18.5. The Kier molecular flexibility index (Phi) is 9.01. The van der Waals surface area contributed by atoms with Crippen LogP contribution in [0.25, 0.3) is 0 Å². The van der Waals surface area contributed by atoms with Crippen molar-refractivity contribution in [2.75, 3.05) is 33.3 Å². The number of likely N-dealkylation sites (N-methyl/N-ethyl adjacent to an activating group) is 1. The van der Waals surface area contributed by atoms with Crippen LogP contribution >= 0.6 is 0 Å². The van der Waals surface area contributed by atoms with Crippen molar-refractivity contribution in [1.82, 2.24) is 15.5 Å². The van der Waals surface area contributed by atoms with Gasteiger partial charge in [0.1, 0.15) is 0 Å². The van der Waals surface area contributed by atoms with Crippen LogP contribution in [0.1, 0.15) is 24.0 Å². The van der Waals surface area contributed by atoms with Gasteiger partial charge in [-0.15, -0.1) is 0 Å². The van der Waals surface area contributed by atoms with Crippen LogP contribution < -0.4 is 10.6 Å². The number of hydrogen-bond donors (Lipinski definition) is 3. The molecule has 0 radical (unpaired) electrons. The number of guanidine groups is 1. The predicted molar refractivity (Wildman–Crippen MR) is 113 cm³/mol. The summed E-state index contributed by atoms with van der Waals surface area (Å²) < 4.78 is 0. The first-order valence-corrected chi connectivity index (χ1v) is 9.60. The number of benzene rings is 2.